The highest BCUT2D eigenvalue weighted by atomic mass is 35.5. The molecule has 160 valence electrons. The number of rotatable bonds is 9. The monoisotopic (exact) mass is 467 g/mol. The molecule has 2 fully saturated rings. The quantitative estimate of drug-likeness (QED) is 0.107. The number of β-lactam (4-membered cyclic amide) rings is 1. The smallest absolute Gasteiger partial charge is 0.346 e. The molecule has 2 aliphatic rings. The second-order valence-electron chi connectivity index (χ2n) is 5.97. The van der Waals surface area contributed by atoms with Crippen molar-refractivity contribution in [2.24, 2.45) is 5.16 Å². The van der Waals surface area contributed by atoms with Crippen LogP contribution in [0, 0.1) is 0 Å². The zero-order valence-corrected chi connectivity index (χ0v) is 17.8. The van der Waals surface area contributed by atoms with Crippen molar-refractivity contribution in [2.75, 3.05) is 38.2 Å². The molecular formula is C15H18ClN3O8S2. The number of nitrogens with zero attached hydrogens (tertiary/aromatic N) is 2. The molecule has 11 nitrogen and oxygen atoms in total. The third-order valence-electron chi connectivity index (χ3n) is 4.29. The number of Topliss-reactive ketones (excluding diaryl/α,β-unsaturated/α-hetero) is 1. The number of hydrogen-bond acceptors (Lipinski definition) is 10. The number of ketones is 1. The number of carbonyl (C=O) groups excluding carboxylic acids is 4. The second kappa shape index (κ2) is 9.67. The highest BCUT2D eigenvalue weighted by Crippen LogP contribution is 2.43. The summed E-state index contributed by atoms with van der Waals surface area (Å²) in [5.74, 6) is -4.42. The van der Waals surface area contributed by atoms with Gasteiger partial charge in [-0.2, -0.15) is 0 Å². The highest BCUT2D eigenvalue weighted by molar-refractivity contribution is 8.04. The lowest BCUT2D eigenvalue weighted by Gasteiger charge is -2.53. The first kappa shape index (κ1) is 23.3. The van der Waals surface area contributed by atoms with Gasteiger partial charge in [-0.3, -0.25) is 19.2 Å². The van der Waals surface area contributed by atoms with Gasteiger partial charge >= 0.3 is 11.9 Å². The molecule has 0 saturated carbocycles. The van der Waals surface area contributed by atoms with Gasteiger partial charge in [-0.05, 0) is 6.26 Å². The molecule has 2 N–H and O–H groups in total. The van der Waals surface area contributed by atoms with E-state index in [4.69, 9.17) is 11.6 Å². The summed E-state index contributed by atoms with van der Waals surface area (Å²) in [6, 6.07) is -0.949. The van der Waals surface area contributed by atoms with Crippen molar-refractivity contribution in [3.05, 3.63) is 0 Å². The zero-order chi connectivity index (χ0) is 21.8. The molecule has 0 radical (unpaired) electrons. The van der Waals surface area contributed by atoms with E-state index in [1.54, 1.807) is 6.26 Å². The summed E-state index contributed by atoms with van der Waals surface area (Å²) in [5.41, 5.74) is -0.694. The fourth-order valence-electron chi connectivity index (χ4n) is 2.59. The fourth-order valence-corrected chi connectivity index (χ4v) is 5.23. The lowest BCUT2D eigenvalue weighted by atomic mass is 10.0. The number of hydrogen-bond donors (Lipinski definition) is 2. The molecule has 2 rings (SSSR count). The van der Waals surface area contributed by atoms with Crippen LogP contribution in [0.1, 0.15) is 0 Å². The number of methoxy groups -OCH3 is 1. The average Bonchev–Trinajstić information content (AvgIpc) is 2.73. The van der Waals surface area contributed by atoms with Crippen molar-refractivity contribution >= 4 is 70.4 Å². The SMILES string of the molecule is COC(=O)CON=C(C(=O)CCl)C(=O)NC1C(=O)N2CC(SC)(C(=O)O)CS[C@H]12. The van der Waals surface area contributed by atoms with E-state index in [9.17, 15) is 29.1 Å². The number of halogens is 1. The van der Waals surface area contributed by atoms with Gasteiger partial charge in [-0.25, -0.2) is 4.79 Å². The summed E-state index contributed by atoms with van der Waals surface area (Å²) in [6.45, 7) is -0.612. The fraction of sp³-hybridized carbons (Fsp3) is 0.600. The van der Waals surface area contributed by atoms with Crippen molar-refractivity contribution in [1.82, 2.24) is 10.2 Å². The number of ether oxygens (including phenoxy) is 1. The molecule has 29 heavy (non-hydrogen) atoms. The Morgan fingerprint density at radius 2 is 2.14 bits per heavy atom. The average molecular weight is 468 g/mol. The van der Waals surface area contributed by atoms with Gasteiger partial charge in [-0.15, -0.1) is 35.1 Å². The number of aliphatic carboxylic acids is 1. The maximum Gasteiger partial charge on any atom is 0.346 e. The van der Waals surface area contributed by atoms with E-state index < -0.39 is 63.9 Å². The summed E-state index contributed by atoms with van der Waals surface area (Å²) in [7, 11) is 1.12. The van der Waals surface area contributed by atoms with Crippen LogP contribution in [0.5, 0.6) is 0 Å². The Morgan fingerprint density at radius 1 is 1.45 bits per heavy atom. The Hall–Kier alpha value is -1.99. The number of amides is 2. The predicted octanol–water partition coefficient (Wildman–Crippen LogP) is -1.07. The number of fused-ring (bicyclic) bond motifs is 1. The maximum atomic E-state index is 12.4. The molecule has 14 heteroatoms. The minimum Gasteiger partial charge on any atom is -0.480 e. The van der Waals surface area contributed by atoms with Crippen molar-refractivity contribution in [3.63, 3.8) is 0 Å². The van der Waals surface area contributed by atoms with Gasteiger partial charge in [-0.1, -0.05) is 5.16 Å². The van der Waals surface area contributed by atoms with Crippen LogP contribution < -0.4 is 5.32 Å². The van der Waals surface area contributed by atoms with Crippen molar-refractivity contribution in [1.29, 1.82) is 0 Å². The van der Waals surface area contributed by atoms with Crippen LogP contribution in [-0.2, 0) is 33.5 Å². The van der Waals surface area contributed by atoms with Crippen LogP contribution in [0.2, 0.25) is 0 Å². The molecular weight excluding hydrogens is 450 g/mol. The van der Waals surface area contributed by atoms with Crippen molar-refractivity contribution in [3.8, 4) is 0 Å². The van der Waals surface area contributed by atoms with Crippen LogP contribution in [0.4, 0.5) is 0 Å². The van der Waals surface area contributed by atoms with Gasteiger partial charge < -0.3 is 24.9 Å². The summed E-state index contributed by atoms with van der Waals surface area (Å²) in [4.78, 5) is 65.3. The number of carbonyl (C=O) groups is 5. The van der Waals surface area contributed by atoms with Crippen molar-refractivity contribution < 1.29 is 38.7 Å². The van der Waals surface area contributed by atoms with E-state index >= 15 is 0 Å². The highest BCUT2D eigenvalue weighted by Gasteiger charge is 2.57. The molecule has 2 unspecified atom stereocenters. The normalized spacial score (nSPS) is 26.1. The Labute approximate surface area is 178 Å². The Balaban J connectivity index is 2.05. The Morgan fingerprint density at radius 3 is 2.69 bits per heavy atom. The lowest BCUT2D eigenvalue weighted by Crippen LogP contribution is -2.75. The number of carboxylic acid groups (broad SMARTS) is 1. The first-order valence-electron chi connectivity index (χ1n) is 8.08. The summed E-state index contributed by atoms with van der Waals surface area (Å²) in [6.07, 6.45) is 1.66. The van der Waals surface area contributed by atoms with Crippen molar-refractivity contribution in [2.45, 2.75) is 16.2 Å². The standard InChI is InChI=1S/C15H18ClN3O8S2/c1-26-8(21)4-27-18-9(7(20)3-16)11(22)17-10-12(23)19-5-15(28-2,14(24)25)6-29-13(10)19/h10,13H,3-6H2,1-2H3,(H,17,22)(H,24,25)/t10?,13-,15?/m1/s1. The van der Waals surface area contributed by atoms with E-state index in [0.29, 0.717) is 0 Å². The summed E-state index contributed by atoms with van der Waals surface area (Å²) in [5, 5.41) is 14.7. The Bertz CT molecular complexity index is 764. The predicted molar refractivity (Wildman–Crippen MR) is 105 cm³/mol. The van der Waals surface area contributed by atoms with Crippen LogP contribution in [0.15, 0.2) is 5.16 Å². The summed E-state index contributed by atoms with van der Waals surface area (Å²) < 4.78 is 3.23. The second-order valence-corrected chi connectivity index (χ2v) is 8.53. The van der Waals surface area contributed by atoms with Gasteiger partial charge in [0, 0.05) is 12.3 Å². The first-order chi connectivity index (χ1) is 13.7. The molecule has 0 aromatic rings. The van der Waals surface area contributed by atoms with E-state index in [-0.39, 0.29) is 12.3 Å². The van der Waals surface area contributed by atoms with Crippen LogP contribution in [-0.4, -0.2) is 99.6 Å². The lowest BCUT2D eigenvalue weighted by molar-refractivity contribution is -0.151. The molecule has 2 heterocycles. The van der Waals surface area contributed by atoms with Crippen LogP contribution >= 0.6 is 35.1 Å². The number of esters is 1. The maximum absolute atomic E-state index is 12.4. The number of nitrogens with one attached hydrogen (secondary N) is 1. The zero-order valence-electron chi connectivity index (χ0n) is 15.4. The number of thioether (sulfide) groups is 2. The third kappa shape index (κ3) is 4.78. The van der Waals surface area contributed by atoms with E-state index in [0.717, 1.165) is 18.9 Å². The molecule has 0 spiro atoms. The summed E-state index contributed by atoms with van der Waals surface area (Å²) >= 11 is 7.84. The van der Waals surface area contributed by atoms with Gasteiger partial charge in [0.1, 0.15) is 16.2 Å². The molecule has 2 aliphatic heterocycles. The number of carboxylic acids is 1. The topological polar surface area (TPSA) is 152 Å². The molecule has 0 aromatic heterocycles. The minimum absolute atomic E-state index is 0.0101. The van der Waals surface area contributed by atoms with Gasteiger partial charge in [0.25, 0.3) is 5.91 Å². The van der Waals surface area contributed by atoms with E-state index in [1.807, 2.05) is 0 Å². The minimum atomic E-state index is -1.12. The van der Waals surface area contributed by atoms with E-state index in [2.05, 4.69) is 20.0 Å². The molecule has 0 bridgehead atoms. The molecule has 0 aliphatic carbocycles. The molecule has 0 aromatic carbocycles. The third-order valence-corrected chi connectivity index (χ3v) is 7.47. The number of oxime groups is 1. The molecule has 2 amide bonds. The largest absolute Gasteiger partial charge is 0.480 e. The van der Waals surface area contributed by atoms with Gasteiger partial charge in [0.15, 0.2) is 0 Å². The Kier molecular flexibility index (Phi) is 7.77. The van der Waals surface area contributed by atoms with E-state index in [1.165, 1.54) is 16.7 Å². The van der Waals surface area contributed by atoms with Gasteiger partial charge in [0.2, 0.25) is 24.0 Å². The van der Waals surface area contributed by atoms with Gasteiger partial charge in [0.05, 0.1) is 13.0 Å². The van der Waals surface area contributed by atoms with Crippen LogP contribution in [0.25, 0.3) is 0 Å². The van der Waals surface area contributed by atoms with Crippen LogP contribution in [0.3, 0.4) is 0 Å². The number of alkyl halides is 1. The molecule has 3 atom stereocenters. The molecule has 2 saturated heterocycles. The first-order valence-corrected chi connectivity index (χ1v) is 10.9.